The van der Waals surface area contributed by atoms with E-state index >= 15 is 0 Å². The molecule has 0 aliphatic carbocycles. The summed E-state index contributed by atoms with van der Waals surface area (Å²) in [6.45, 7) is 0. The molecule has 4 rings (SSSR count). The van der Waals surface area contributed by atoms with Crippen molar-refractivity contribution in [3.8, 4) is 23.3 Å². The molecule has 3 heterocycles. The van der Waals surface area contributed by atoms with Crippen LogP contribution in [0.1, 0.15) is 17.0 Å². The van der Waals surface area contributed by atoms with E-state index in [1.807, 2.05) is 0 Å². The van der Waals surface area contributed by atoms with Gasteiger partial charge >= 0.3 is 0 Å². The molecular formula is C18H8F4N6O2. The second kappa shape index (κ2) is 6.96. The number of benzene rings is 1. The van der Waals surface area contributed by atoms with Gasteiger partial charge in [0.15, 0.2) is 28.7 Å². The number of aromatic nitrogens is 5. The third-order valence-electron chi connectivity index (χ3n) is 4.20. The number of nitrogens with zero attached hydrogens (tertiary/aromatic N) is 5. The fraction of sp³-hybridized carbons (Fsp3) is 0.0556. The number of phenols is 1. The first kappa shape index (κ1) is 19.1. The molecule has 0 aliphatic rings. The van der Waals surface area contributed by atoms with E-state index in [0.29, 0.717) is 6.07 Å². The Hall–Kier alpha value is -4.27. The van der Waals surface area contributed by atoms with Crippen molar-refractivity contribution in [2.45, 2.75) is 6.42 Å². The molecule has 0 radical (unpaired) electrons. The lowest BCUT2D eigenvalue weighted by Crippen LogP contribution is -2.17. The summed E-state index contributed by atoms with van der Waals surface area (Å²) in [6, 6.07) is 2.75. The molecule has 2 N–H and O–H groups in total. The van der Waals surface area contributed by atoms with Crippen LogP contribution in [-0.4, -0.2) is 29.4 Å². The quantitative estimate of drug-likeness (QED) is 0.494. The topological polar surface area (TPSA) is 120 Å². The second-order valence-corrected chi connectivity index (χ2v) is 6.11. The number of phenolic OH excluding ortho intramolecular Hbond substituents is 1. The molecule has 0 saturated carbocycles. The van der Waals surface area contributed by atoms with Gasteiger partial charge in [-0.2, -0.15) is 14.0 Å². The van der Waals surface area contributed by atoms with Crippen molar-refractivity contribution >= 4 is 5.65 Å². The number of hydrogen-bond donors (Lipinski definition) is 2. The SMILES string of the molecule is N#Cc1nc(-c2cn3c(F)cnc3c(Cc3cc(F)c(O)cc3F)n2)[nH]c(=O)c1F. The zero-order chi connectivity index (χ0) is 21.6. The highest BCUT2D eigenvalue weighted by Gasteiger charge is 2.19. The molecule has 150 valence electrons. The molecule has 0 bridgehead atoms. The molecule has 0 amide bonds. The minimum absolute atomic E-state index is 0.0332. The molecule has 4 aromatic rings. The fourth-order valence-electron chi connectivity index (χ4n) is 2.80. The highest BCUT2D eigenvalue weighted by atomic mass is 19.1. The van der Waals surface area contributed by atoms with Gasteiger partial charge in [0.25, 0.3) is 5.56 Å². The van der Waals surface area contributed by atoms with Crippen molar-refractivity contribution in [3.63, 3.8) is 0 Å². The van der Waals surface area contributed by atoms with Gasteiger partial charge in [-0.15, -0.1) is 0 Å². The lowest BCUT2D eigenvalue weighted by molar-refractivity contribution is 0.425. The van der Waals surface area contributed by atoms with Crippen LogP contribution in [0.3, 0.4) is 0 Å². The predicted octanol–water partition coefficient (Wildman–Crippen LogP) is 2.20. The van der Waals surface area contributed by atoms with Crippen LogP contribution in [0.15, 0.2) is 29.3 Å². The van der Waals surface area contributed by atoms with Gasteiger partial charge in [-0.05, 0) is 11.6 Å². The molecule has 1 aromatic carbocycles. The Bertz CT molecular complexity index is 1420. The van der Waals surface area contributed by atoms with Crippen LogP contribution in [0.4, 0.5) is 17.6 Å². The monoisotopic (exact) mass is 416 g/mol. The summed E-state index contributed by atoms with van der Waals surface area (Å²) in [4.78, 5) is 25.4. The highest BCUT2D eigenvalue weighted by molar-refractivity contribution is 5.56. The highest BCUT2D eigenvalue weighted by Crippen LogP contribution is 2.24. The molecule has 8 nitrogen and oxygen atoms in total. The molecule has 12 heteroatoms. The number of hydrogen-bond acceptors (Lipinski definition) is 6. The van der Waals surface area contributed by atoms with Crippen molar-refractivity contribution in [2.24, 2.45) is 0 Å². The first-order valence-electron chi connectivity index (χ1n) is 8.18. The van der Waals surface area contributed by atoms with Gasteiger partial charge in [-0.3, -0.25) is 9.20 Å². The number of fused-ring (bicyclic) bond motifs is 1. The van der Waals surface area contributed by atoms with E-state index < -0.39 is 40.4 Å². The van der Waals surface area contributed by atoms with E-state index in [1.54, 1.807) is 0 Å². The maximum absolute atomic E-state index is 14.1. The van der Waals surface area contributed by atoms with Gasteiger partial charge in [-0.25, -0.2) is 23.7 Å². The van der Waals surface area contributed by atoms with Crippen LogP contribution in [-0.2, 0) is 6.42 Å². The van der Waals surface area contributed by atoms with Crippen molar-refractivity contribution in [1.82, 2.24) is 24.3 Å². The molecule has 0 aliphatic heterocycles. The Labute approximate surface area is 163 Å². The van der Waals surface area contributed by atoms with Crippen molar-refractivity contribution < 1.29 is 22.7 Å². The van der Waals surface area contributed by atoms with Crippen molar-refractivity contribution in [3.05, 3.63) is 75.2 Å². The van der Waals surface area contributed by atoms with E-state index in [1.165, 1.54) is 6.07 Å². The Morgan fingerprint density at radius 1 is 1.17 bits per heavy atom. The summed E-state index contributed by atoms with van der Waals surface area (Å²) in [5.41, 5.74) is -2.49. The largest absolute Gasteiger partial charge is 0.505 e. The number of halogens is 4. The van der Waals surface area contributed by atoms with Gasteiger partial charge in [-0.1, -0.05) is 0 Å². The number of rotatable bonds is 3. The molecule has 0 fully saturated rings. The summed E-state index contributed by atoms with van der Waals surface area (Å²) in [5, 5.41) is 18.2. The number of imidazole rings is 1. The lowest BCUT2D eigenvalue weighted by Gasteiger charge is -2.09. The normalized spacial score (nSPS) is 11.0. The van der Waals surface area contributed by atoms with Crippen molar-refractivity contribution in [1.29, 1.82) is 5.26 Å². The number of nitrogens with one attached hydrogen (secondary N) is 1. The number of aromatic hydroxyl groups is 1. The van der Waals surface area contributed by atoms with Crippen LogP contribution < -0.4 is 5.56 Å². The maximum Gasteiger partial charge on any atom is 0.288 e. The Balaban J connectivity index is 1.92. The van der Waals surface area contributed by atoms with E-state index in [-0.39, 0.29) is 34.8 Å². The summed E-state index contributed by atoms with van der Waals surface area (Å²) >= 11 is 0. The van der Waals surface area contributed by atoms with Gasteiger partial charge in [0.05, 0.1) is 11.9 Å². The summed E-state index contributed by atoms with van der Waals surface area (Å²) < 4.78 is 56.5. The molecule has 3 aromatic heterocycles. The molecule has 30 heavy (non-hydrogen) atoms. The van der Waals surface area contributed by atoms with Crippen LogP contribution >= 0.6 is 0 Å². The van der Waals surface area contributed by atoms with E-state index in [4.69, 9.17) is 5.26 Å². The Kier molecular flexibility index (Phi) is 4.42. The first-order valence-corrected chi connectivity index (χ1v) is 8.18. The average Bonchev–Trinajstić information content (AvgIpc) is 3.09. The standard InChI is InChI=1S/C18H8F4N6O2/c19-8-3-13(29)9(20)1-7(8)2-10-17-24-5-14(21)28(17)6-12(25-10)16-26-11(4-23)15(22)18(30)27-16/h1,3,5-6,29H,2H2,(H,26,27,30). The fourth-order valence-corrected chi connectivity index (χ4v) is 2.80. The minimum atomic E-state index is -1.39. The molecule has 0 spiro atoms. The molecule has 0 unspecified atom stereocenters. The average molecular weight is 416 g/mol. The number of nitriles is 1. The summed E-state index contributed by atoms with van der Waals surface area (Å²) in [7, 11) is 0. The van der Waals surface area contributed by atoms with Crippen LogP contribution in [0.25, 0.3) is 17.2 Å². The lowest BCUT2D eigenvalue weighted by atomic mass is 10.1. The second-order valence-electron chi connectivity index (χ2n) is 6.11. The maximum atomic E-state index is 14.1. The summed E-state index contributed by atoms with van der Waals surface area (Å²) in [5.74, 6) is -5.46. The minimum Gasteiger partial charge on any atom is -0.505 e. The smallest absolute Gasteiger partial charge is 0.288 e. The van der Waals surface area contributed by atoms with Crippen molar-refractivity contribution in [2.75, 3.05) is 0 Å². The zero-order valence-electron chi connectivity index (χ0n) is 14.6. The van der Waals surface area contributed by atoms with E-state index in [2.05, 4.69) is 19.9 Å². The third kappa shape index (κ3) is 3.12. The number of aromatic amines is 1. The van der Waals surface area contributed by atoms with Gasteiger partial charge in [0.1, 0.15) is 17.6 Å². The van der Waals surface area contributed by atoms with E-state index in [0.717, 1.165) is 22.9 Å². The number of H-pyrrole nitrogens is 1. The van der Waals surface area contributed by atoms with Gasteiger partial charge in [0.2, 0.25) is 11.8 Å². The van der Waals surface area contributed by atoms with E-state index in [9.17, 15) is 27.5 Å². The Morgan fingerprint density at radius 2 is 1.93 bits per heavy atom. The van der Waals surface area contributed by atoms with Crippen LogP contribution in [0.2, 0.25) is 0 Å². The summed E-state index contributed by atoms with van der Waals surface area (Å²) in [6.07, 6.45) is 1.58. The van der Waals surface area contributed by atoms with Crippen LogP contribution in [0, 0.1) is 34.7 Å². The molecule has 0 atom stereocenters. The molecular weight excluding hydrogens is 408 g/mol. The zero-order valence-corrected chi connectivity index (χ0v) is 14.6. The van der Waals surface area contributed by atoms with Gasteiger partial charge in [0, 0.05) is 18.7 Å². The Morgan fingerprint density at radius 3 is 2.67 bits per heavy atom. The predicted molar refractivity (Wildman–Crippen MR) is 92.3 cm³/mol. The first-order chi connectivity index (χ1) is 14.3. The third-order valence-corrected chi connectivity index (χ3v) is 4.20. The van der Waals surface area contributed by atoms with Gasteiger partial charge < -0.3 is 10.1 Å². The molecule has 0 saturated heterocycles. The van der Waals surface area contributed by atoms with Crippen LogP contribution in [0.5, 0.6) is 5.75 Å².